The molecule has 0 atom stereocenters. The van der Waals surface area contributed by atoms with Crippen LogP contribution in [-0.4, -0.2) is 45.7 Å². The van der Waals surface area contributed by atoms with Crippen LogP contribution in [0.2, 0.25) is 0 Å². The molecule has 0 saturated carbocycles. The second kappa shape index (κ2) is 9.38. The highest BCUT2D eigenvalue weighted by molar-refractivity contribution is 7.92. The highest BCUT2D eigenvalue weighted by Crippen LogP contribution is 2.28. The molecule has 0 unspecified atom stereocenters. The van der Waals surface area contributed by atoms with Crippen molar-refractivity contribution in [3.05, 3.63) is 54.1 Å². The molecule has 0 saturated heterocycles. The van der Waals surface area contributed by atoms with E-state index in [-0.39, 0.29) is 18.2 Å². The van der Waals surface area contributed by atoms with E-state index in [1.807, 2.05) is 42.3 Å². The van der Waals surface area contributed by atoms with E-state index < -0.39 is 10.0 Å². The number of ether oxygens (including phenoxy) is 1. The van der Waals surface area contributed by atoms with Gasteiger partial charge >= 0.3 is 0 Å². The molecule has 8 heteroatoms. The van der Waals surface area contributed by atoms with Crippen LogP contribution in [0.15, 0.2) is 48.5 Å². The number of amides is 1. The third-order valence-corrected chi connectivity index (χ3v) is 5.13. The Balaban J connectivity index is 1.98. The summed E-state index contributed by atoms with van der Waals surface area (Å²) in [4.78, 5) is 14.2. The molecule has 2 aromatic rings. The molecule has 2 aromatic carbocycles. The number of likely N-dealkylation sites (N-methyl/N-ethyl adjacent to an activating group) is 1. The van der Waals surface area contributed by atoms with Gasteiger partial charge in [-0.2, -0.15) is 0 Å². The van der Waals surface area contributed by atoms with Gasteiger partial charge in [0, 0.05) is 18.3 Å². The van der Waals surface area contributed by atoms with Gasteiger partial charge in [-0.1, -0.05) is 30.3 Å². The number of nitrogens with one attached hydrogen (secondary N) is 2. The van der Waals surface area contributed by atoms with Crippen LogP contribution in [0, 0.1) is 0 Å². The largest absolute Gasteiger partial charge is 0.494 e. The fourth-order valence-corrected chi connectivity index (χ4v) is 3.14. The Morgan fingerprint density at radius 3 is 2.48 bits per heavy atom. The number of sulfonamides is 1. The highest BCUT2D eigenvalue weighted by atomic mass is 32.2. The van der Waals surface area contributed by atoms with Gasteiger partial charge in [-0.05, 0) is 31.7 Å². The van der Waals surface area contributed by atoms with Crippen LogP contribution in [0.1, 0.15) is 12.5 Å². The van der Waals surface area contributed by atoms with Gasteiger partial charge in [0.25, 0.3) is 0 Å². The third kappa shape index (κ3) is 6.58. The molecule has 0 radical (unpaired) electrons. The number of methoxy groups -OCH3 is 1. The van der Waals surface area contributed by atoms with Crippen LogP contribution in [0.4, 0.5) is 11.4 Å². The number of rotatable bonds is 9. The summed E-state index contributed by atoms with van der Waals surface area (Å²) in [6, 6.07) is 14.7. The van der Waals surface area contributed by atoms with Crippen LogP contribution < -0.4 is 14.8 Å². The summed E-state index contributed by atoms with van der Waals surface area (Å²) in [6.07, 6.45) is 0. The predicted octanol–water partition coefficient (Wildman–Crippen LogP) is 2.53. The number of carbonyl (C=O) groups excluding carboxylic acids is 1. The van der Waals surface area contributed by atoms with Crippen molar-refractivity contribution in [2.45, 2.75) is 13.5 Å². The first kappa shape index (κ1) is 20.7. The molecule has 0 aliphatic rings. The lowest BCUT2D eigenvalue weighted by molar-refractivity contribution is -0.117. The lowest BCUT2D eigenvalue weighted by atomic mass is 10.2. The maximum absolute atomic E-state index is 12.3. The number of nitrogens with zero attached hydrogens (tertiary/aromatic N) is 1. The van der Waals surface area contributed by atoms with Crippen molar-refractivity contribution >= 4 is 27.3 Å². The van der Waals surface area contributed by atoms with E-state index in [0.717, 1.165) is 5.56 Å². The quantitative estimate of drug-likeness (QED) is 0.686. The molecule has 0 aromatic heterocycles. The lowest BCUT2D eigenvalue weighted by Crippen LogP contribution is -2.29. The van der Waals surface area contributed by atoms with Crippen LogP contribution in [0.5, 0.6) is 5.75 Å². The van der Waals surface area contributed by atoms with E-state index in [0.29, 0.717) is 23.7 Å². The maximum atomic E-state index is 12.3. The van der Waals surface area contributed by atoms with Crippen molar-refractivity contribution in [2.75, 3.05) is 36.5 Å². The van der Waals surface area contributed by atoms with E-state index in [4.69, 9.17) is 4.74 Å². The zero-order chi connectivity index (χ0) is 19.9. The lowest BCUT2D eigenvalue weighted by Gasteiger charge is -2.17. The van der Waals surface area contributed by atoms with E-state index in [9.17, 15) is 13.2 Å². The fraction of sp³-hybridized carbons (Fsp3) is 0.316. The number of hydrogen-bond acceptors (Lipinski definition) is 5. The fourth-order valence-electron chi connectivity index (χ4n) is 2.49. The van der Waals surface area contributed by atoms with Gasteiger partial charge in [-0.3, -0.25) is 14.4 Å². The van der Waals surface area contributed by atoms with Gasteiger partial charge < -0.3 is 10.1 Å². The predicted molar refractivity (Wildman–Crippen MR) is 107 cm³/mol. The van der Waals surface area contributed by atoms with Gasteiger partial charge in [0.15, 0.2) is 0 Å². The van der Waals surface area contributed by atoms with E-state index in [2.05, 4.69) is 10.0 Å². The summed E-state index contributed by atoms with van der Waals surface area (Å²) in [7, 11) is -0.0971. The topological polar surface area (TPSA) is 87.7 Å². The van der Waals surface area contributed by atoms with Crippen molar-refractivity contribution < 1.29 is 17.9 Å². The molecule has 1 amide bonds. The van der Waals surface area contributed by atoms with Crippen molar-refractivity contribution in [3.63, 3.8) is 0 Å². The first-order chi connectivity index (χ1) is 12.8. The van der Waals surface area contributed by atoms with Crippen molar-refractivity contribution in [3.8, 4) is 5.75 Å². The summed E-state index contributed by atoms with van der Waals surface area (Å²) in [5.41, 5.74) is 1.99. The standard InChI is InChI=1S/C19H25N3O4S/c1-4-27(24,25)21-17-11-10-16(12-18(17)26-3)20-19(23)14-22(2)13-15-8-6-5-7-9-15/h5-12,21H,4,13-14H2,1-3H3,(H,20,23). The first-order valence-electron chi connectivity index (χ1n) is 8.54. The molecule has 0 bridgehead atoms. The summed E-state index contributed by atoms with van der Waals surface area (Å²) in [5.74, 6) is 0.127. The number of benzene rings is 2. The van der Waals surface area contributed by atoms with Crippen LogP contribution in [-0.2, 0) is 21.4 Å². The second-order valence-corrected chi connectivity index (χ2v) is 8.14. The molecule has 0 aliphatic carbocycles. The van der Waals surface area contributed by atoms with E-state index in [1.54, 1.807) is 25.1 Å². The molecule has 7 nitrogen and oxygen atoms in total. The molecule has 0 spiro atoms. The minimum Gasteiger partial charge on any atom is -0.494 e. The van der Waals surface area contributed by atoms with Crippen molar-refractivity contribution in [1.29, 1.82) is 0 Å². The normalized spacial score (nSPS) is 11.3. The molecule has 27 heavy (non-hydrogen) atoms. The van der Waals surface area contributed by atoms with Crippen LogP contribution in [0.25, 0.3) is 0 Å². The van der Waals surface area contributed by atoms with Gasteiger partial charge in [-0.15, -0.1) is 0 Å². The Labute approximate surface area is 160 Å². The van der Waals surface area contributed by atoms with E-state index in [1.165, 1.54) is 7.11 Å². The van der Waals surface area contributed by atoms with Gasteiger partial charge in [-0.25, -0.2) is 8.42 Å². The Bertz CT molecular complexity index is 870. The minimum atomic E-state index is -3.41. The summed E-state index contributed by atoms with van der Waals surface area (Å²) in [6.45, 7) is 2.44. The summed E-state index contributed by atoms with van der Waals surface area (Å²) < 4.78 is 31.1. The van der Waals surface area contributed by atoms with Gasteiger partial charge in [0.05, 0.1) is 25.1 Å². The summed E-state index contributed by atoms with van der Waals surface area (Å²) in [5, 5.41) is 2.80. The number of hydrogen-bond donors (Lipinski definition) is 2. The maximum Gasteiger partial charge on any atom is 0.238 e. The minimum absolute atomic E-state index is 0.0393. The number of anilines is 2. The Hall–Kier alpha value is -2.58. The van der Waals surface area contributed by atoms with Crippen molar-refractivity contribution in [2.24, 2.45) is 0 Å². The van der Waals surface area contributed by atoms with Crippen LogP contribution >= 0.6 is 0 Å². The monoisotopic (exact) mass is 391 g/mol. The molecule has 2 N–H and O–H groups in total. The first-order valence-corrected chi connectivity index (χ1v) is 10.2. The molecule has 0 fully saturated rings. The number of carbonyl (C=O) groups is 1. The van der Waals surface area contributed by atoms with E-state index >= 15 is 0 Å². The van der Waals surface area contributed by atoms with Gasteiger partial charge in [0.2, 0.25) is 15.9 Å². The Kier molecular flexibility index (Phi) is 7.20. The average molecular weight is 391 g/mol. The zero-order valence-corrected chi connectivity index (χ0v) is 16.5. The molecular formula is C19H25N3O4S. The second-order valence-electron chi connectivity index (χ2n) is 6.13. The molecule has 0 aliphatic heterocycles. The smallest absolute Gasteiger partial charge is 0.238 e. The van der Waals surface area contributed by atoms with Crippen LogP contribution in [0.3, 0.4) is 0 Å². The average Bonchev–Trinajstić information content (AvgIpc) is 2.63. The molecule has 0 heterocycles. The Morgan fingerprint density at radius 1 is 1.15 bits per heavy atom. The molecule has 146 valence electrons. The molecule has 2 rings (SSSR count). The molecular weight excluding hydrogens is 366 g/mol. The SMILES string of the molecule is CCS(=O)(=O)Nc1ccc(NC(=O)CN(C)Cc2ccccc2)cc1OC. The zero-order valence-electron chi connectivity index (χ0n) is 15.7. The van der Waals surface area contributed by atoms with Crippen molar-refractivity contribution in [1.82, 2.24) is 4.90 Å². The van der Waals surface area contributed by atoms with Gasteiger partial charge in [0.1, 0.15) is 5.75 Å². The summed E-state index contributed by atoms with van der Waals surface area (Å²) >= 11 is 0. The third-order valence-electron chi connectivity index (χ3n) is 3.84. The Morgan fingerprint density at radius 2 is 1.85 bits per heavy atom. The highest BCUT2D eigenvalue weighted by Gasteiger charge is 2.13.